The van der Waals surface area contributed by atoms with Crippen LogP contribution in [0.4, 0.5) is 10.1 Å². The van der Waals surface area contributed by atoms with Crippen LogP contribution >= 0.6 is 11.6 Å². The maximum Gasteiger partial charge on any atom is 0.265 e. The van der Waals surface area contributed by atoms with Crippen molar-refractivity contribution < 1.29 is 12.8 Å². The zero-order valence-electron chi connectivity index (χ0n) is 11.3. The summed E-state index contributed by atoms with van der Waals surface area (Å²) in [6, 6.07) is 10.7. The van der Waals surface area contributed by atoms with Gasteiger partial charge in [0.25, 0.3) is 10.0 Å². The van der Waals surface area contributed by atoms with Crippen LogP contribution in [-0.4, -0.2) is 15.0 Å². The molecule has 1 unspecified atom stereocenters. The van der Waals surface area contributed by atoms with E-state index in [4.69, 9.17) is 11.6 Å². The molecule has 0 aromatic heterocycles. The lowest BCUT2D eigenvalue weighted by Gasteiger charge is -2.20. The van der Waals surface area contributed by atoms with Crippen molar-refractivity contribution in [3.8, 4) is 0 Å². The summed E-state index contributed by atoms with van der Waals surface area (Å²) in [5.41, 5.74) is 1.64. The summed E-state index contributed by atoms with van der Waals surface area (Å²) in [7, 11) is -3.80. The van der Waals surface area contributed by atoms with Crippen LogP contribution in [0.15, 0.2) is 47.4 Å². The Labute approximate surface area is 128 Å². The van der Waals surface area contributed by atoms with Gasteiger partial charge in [0.05, 0.1) is 10.7 Å². The standard InChI is InChI=1S/C15H13ClFNO2S/c1-10-9-18(14-5-3-2-4-12(10)14)21(19,20)15-7-6-11(17)8-13(15)16/h2-8,10H,9H2,1H3. The number of sulfonamides is 1. The third-order valence-electron chi connectivity index (χ3n) is 3.64. The van der Waals surface area contributed by atoms with E-state index in [1.54, 1.807) is 12.1 Å². The van der Waals surface area contributed by atoms with Crippen molar-refractivity contribution in [2.75, 3.05) is 10.8 Å². The lowest BCUT2D eigenvalue weighted by atomic mass is 10.0. The Kier molecular flexibility index (Phi) is 3.42. The number of nitrogens with zero attached hydrogens (tertiary/aromatic N) is 1. The Bertz CT molecular complexity index is 807. The van der Waals surface area contributed by atoms with Crippen molar-refractivity contribution in [1.82, 2.24) is 0 Å². The smallest absolute Gasteiger partial charge is 0.265 e. The second kappa shape index (κ2) is 5.00. The molecule has 2 aromatic rings. The summed E-state index contributed by atoms with van der Waals surface area (Å²) in [4.78, 5) is -0.0746. The molecule has 1 aliphatic heterocycles. The number of hydrogen-bond donors (Lipinski definition) is 0. The summed E-state index contributed by atoms with van der Waals surface area (Å²) >= 11 is 5.91. The molecule has 3 nitrogen and oxygen atoms in total. The molecule has 0 amide bonds. The van der Waals surface area contributed by atoms with E-state index >= 15 is 0 Å². The van der Waals surface area contributed by atoms with E-state index in [0.717, 1.165) is 17.7 Å². The maximum atomic E-state index is 13.1. The Hall–Kier alpha value is -1.59. The van der Waals surface area contributed by atoms with Crippen molar-refractivity contribution in [2.45, 2.75) is 17.7 Å². The Balaban J connectivity index is 2.12. The van der Waals surface area contributed by atoms with Gasteiger partial charge in [0, 0.05) is 12.5 Å². The SMILES string of the molecule is CC1CN(S(=O)(=O)c2ccc(F)cc2Cl)c2ccccc21. The number of hydrogen-bond acceptors (Lipinski definition) is 2. The Morgan fingerprint density at radius 3 is 2.67 bits per heavy atom. The number of para-hydroxylation sites is 1. The van der Waals surface area contributed by atoms with Gasteiger partial charge in [-0.15, -0.1) is 0 Å². The highest BCUT2D eigenvalue weighted by Gasteiger charge is 2.35. The van der Waals surface area contributed by atoms with E-state index in [2.05, 4.69) is 0 Å². The van der Waals surface area contributed by atoms with Crippen molar-refractivity contribution in [2.24, 2.45) is 0 Å². The first-order valence-corrected chi connectivity index (χ1v) is 8.30. The van der Waals surface area contributed by atoms with Crippen molar-refractivity contribution >= 4 is 27.3 Å². The molecule has 0 fully saturated rings. The summed E-state index contributed by atoms with van der Waals surface area (Å²) in [5, 5.41) is -0.105. The minimum atomic E-state index is -3.80. The van der Waals surface area contributed by atoms with Gasteiger partial charge < -0.3 is 0 Å². The molecular weight excluding hydrogens is 313 g/mol. The molecule has 3 rings (SSSR count). The van der Waals surface area contributed by atoms with Gasteiger partial charge in [0.1, 0.15) is 10.7 Å². The van der Waals surface area contributed by atoms with E-state index < -0.39 is 15.8 Å². The van der Waals surface area contributed by atoms with Crippen LogP contribution in [0.2, 0.25) is 5.02 Å². The van der Waals surface area contributed by atoms with Crippen LogP contribution < -0.4 is 4.31 Å². The van der Waals surface area contributed by atoms with Crippen LogP contribution in [-0.2, 0) is 10.0 Å². The molecule has 6 heteroatoms. The zero-order chi connectivity index (χ0) is 15.2. The van der Waals surface area contributed by atoms with Crippen LogP contribution in [0.1, 0.15) is 18.4 Å². The molecule has 0 saturated carbocycles. The molecule has 110 valence electrons. The fraction of sp³-hybridized carbons (Fsp3) is 0.200. The summed E-state index contributed by atoms with van der Waals surface area (Å²) in [5.74, 6) is -0.454. The Morgan fingerprint density at radius 1 is 1.24 bits per heavy atom. The van der Waals surface area contributed by atoms with Crippen LogP contribution in [0.5, 0.6) is 0 Å². The molecule has 0 radical (unpaired) electrons. The average Bonchev–Trinajstić information content (AvgIpc) is 2.77. The summed E-state index contributed by atoms with van der Waals surface area (Å²) in [6.07, 6.45) is 0. The van der Waals surface area contributed by atoms with Gasteiger partial charge in [-0.1, -0.05) is 36.7 Å². The second-order valence-electron chi connectivity index (χ2n) is 5.07. The summed E-state index contributed by atoms with van der Waals surface area (Å²) in [6.45, 7) is 2.33. The number of halogens is 2. The first kappa shape index (κ1) is 14.4. The van der Waals surface area contributed by atoms with Crippen molar-refractivity contribution in [3.63, 3.8) is 0 Å². The van der Waals surface area contributed by atoms with Crippen LogP contribution in [0.3, 0.4) is 0 Å². The average molecular weight is 326 g/mol. The third-order valence-corrected chi connectivity index (χ3v) is 5.90. The predicted octanol–water partition coefficient (Wildman–Crippen LogP) is 3.79. The second-order valence-corrected chi connectivity index (χ2v) is 7.31. The number of anilines is 1. The molecule has 0 bridgehead atoms. The molecule has 1 heterocycles. The van der Waals surface area contributed by atoms with Gasteiger partial charge in [-0.3, -0.25) is 4.31 Å². The van der Waals surface area contributed by atoms with Gasteiger partial charge in [0.2, 0.25) is 0 Å². The van der Waals surface area contributed by atoms with E-state index in [-0.39, 0.29) is 15.8 Å². The molecule has 2 aromatic carbocycles. The molecule has 1 aliphatic rings. The lowest BCUT2D eigenvalue weighted by Crippen LogP contribution is -2.29. The molecule has 0 aliphatic carbocycles. The minimum absolute atomic E-state index is 0.0746. The first-order chi connectivity index (χ1) is 9.91. The Morgan fingerprint density at radius 2 is 1.95 bits per heavy atom. The fourth-order valence-corrected chi connectivity index (χ4v) is 4.70. The van der Waals surface area contributed by atoms with Crippen LogP contribution in [0, 0.1) is 5.82 Å². The van der Waals surface area contributed by atoms with Crippen LogP contribution in [0.25, 0.3) is 0 Å². The molecule has 0 spiro atoms. The lowest BCUT2D eigenvalue weighted by molar-refractivity contribution is 0.589. The highest BCUT2D eigenvalue weighted by atomic mass is 35.5. The molecule has 21 heavy (non-hydrogen) atoms. The highest BCUT2D eigenvalue weighted by Crippen LogP contribution is 2.40. The van der Waals surface area contributed by atoms with E-state index in [1.165, 1.54) is 10.4 Å². The largest absolute Gasteiger partial charge is 0.265 e. The fourth-order valence-electron chi connectivity index (χ4n) is 2.61. The molecule has 0 saturated heterocycles. The molecular formula is C15H13ClFNO2S. The zero-order valence-corrected chi connectivity index (χ0v) is 12.8. The molecule has 1 atom stereocenters. The summed E-state index contributed by atoms with van der Waals surface area (Å²) < 4.78 is 40.0. The number of fused-ring (bicyclic) bond motifs is 1. The van der Waals surface area contributed by atoms with E-state index in [0.29, 0.717) is 12.2 Å². The van der Waals surface area contributed by atoms with Gasteiger partial charge in [0.15, 0.2) is 0 Å². The topological polar surface area (TPSA) is 37.4 Å². The van der Waals surface area contributed by atoms with Crippen molar-refractivity contribution in [3.05, 3.63) is 58.9 Å². The molecule has 0 N–H and O–H groups in total. The normalized spacial score (nSPS) is 17.9. The van der Waals surface area contributed by atoms with Gasteiger partial charge in [-0.2, -0.15) is 0 Å². The minimum Gasteiger partial charge on any atom is -0.265 e. The highest BCUT2D eigenvalue weighted by molar-refractivity contribution is 7.93. The maximum absolute atomic E-state index is 13.1. The predicted molar refractivity (Wildman–Crippen MR) is 80.8 cm³/mol. The quantitative estimate of drug-likeness (QED) is 0.842. The van der Waals surface area contributed by atoms with Crippen molar-refractivity contribution in [1.29, 1.82) is 0 Å². The van der Waals surface area contributed by atoms with E-state index in [1.807, 2.05) is 19.1 Å². The van der Waals surface area contributed by atoms with E-state index in [9.17, 15) is 12.8 Å². The van der Waals surface area contributed by atoms with Gasteiger partial charge >= 0.3 is 0 Å². The third kappa shape index (κ3) is 2.30. The van der Waals surface area contributed by atoms with Gasteiger partial charge in [-0.05, 0) is 29.8 Å². The monoisotopic (exact) mass is 325 g/mol. The van der Waals surface area contributed by atoms with Gasteiger partial charge in [-0.25, -0.2) is 12.8 Å². The number of rotatable bonds is 2. The first-order valence-electron chi connectivity index (χ1n) is 6.48. The number of benzene rings is 2.